The van der Waals surface area contributed by atoms with E-state index in [9.17, 15) is 14.7 Å². The number of benzene rings is 2. The van der Waals surface area contributed by atoms with Crippen molar-refractivity contribution in [1.29, 1.82) is 0 Å². The first-order valence-corrected chi connectivity index (χ1v) is 10.7. The first kappa shape index (κ1) is 20.6. The molecule has 0 spiro atoms. The molecule has 166 valence electrons. The number of rotatable bonds is 5. The summed E-state index contributed by atoms with van der Waals surface area (Å²) in [4.78, 5) is 29.4. The topological polar surface area (TPSA) is 104 Å². The van der Waals surface area contributed by atoms with E-state index in [0.717, 1.165) is 11.4 Å². The van der Waals surface area contributed by atoms with Gasteiger partial charge in [0.2, 0.25) is 5.91 Å². The second-order valence-electron chi connectivity index (χ2n) is 7.94. The standard InChI is InChI=1S/C24H22N6O3/c31-20-7-5-19(6-8-20)24(33)18-3-1-17(2-4-18)15-23(32)29-13-11-28(12-14-29)22-10-9-21-26-25-16-30(21)27-22/h1-10,16,31H,11-15H2. The van der Waals surface area contributed by atoms with Gasteiger partial charge in [-0.15, -0.1) is 15.3 Å². The quantitative estimate of drug-likeness (QED) is 0.471. The minimum absolute atomic E-state index is 0.0643. The smallest absolute Gasteiger partial charge is 0.227 e. The molecule has 9 heteroatoms. The summed E-state index contributed by atoms with van der Waals surface area (Å²) in [6.45, 7) is 2.65. The van der Waals surface area contributed by atoms with Crippen LogP contribution in [0.3, 0.4) is 0 Å². The van der Waals surface area contributed by atoms with E-state index in [-0.39, 0.29) is 17.4 Å². The number of anilines is 1. The van der Waals surface area contributed by atoms with Gasteiger partial charge in [0.15, 0.2) is 11.4 Å². The Morgan fingerprint density at radius 1 is 0.848 bits per heavy atom. The van der Waals surface area contributed by atoms with Crippen molar-refractivity contribution in [3.05, 3.63) is 83.7 Å². The SMILES string of the molecule is O=C(c1ccc(O)cc1)c1ccc(CC(=O)N2CCN(c3ccc4nncn4n3)CC2)cc1. The molecular formula is C24H22N6O3. The highest BCUT2D eigenvalue weighted by Crippen LogP contribution is 2.17. The lowest BCUT2D eigenvalue weighted by molar-refractivity contribution is -0.130. The molecule has 0 aliphatic carbocycles. The van der Waals surface area contributed by atoms with Crippen LogP contribution in [0.5, 0.6) is 5.75 Å². The molecular weight excluding hydrogens is 420 g/mol. The molecule has 33 heavy (non-hydrogen) atoms. The molecule has 3 heterocycles. The second kappa shape index (κ2) is 8.70. The zero-order chi connectivity index (χ0) is 22.8. The van der Waals surface area contributed by atoms with Crippen molar-refractivity contribution in [2.75, 3.05) is 31.1 Å². The van der Waals surface area contributed by atoms with E-state index in [1.54, 1.807) is 35.1 Å². The summed E-state index contributed by atoms with van der Waals surface area (Å²) in [6, 6.07) is 17.1. The zero-order valence-electron chi connectivity index (χ0n) is 17.8. The molecule has 2 aromatic heterocycles. The Hall–Kier alpha value is -4.27. The van der Waals surface area contributed by atoms with E-state index < -0.39 is 0 Å². The van der Waals surface area contributed by atoms with Gasteiger partial charge in [-0.05, 0) is 42.0 Å². The summed E-state index contributed by atoms with van der Waals surface area (Å²) in [5.74, 6) is 0.897. The van der Waals surface area contributed by atoms with Crippen LogP contribution in [0.1, 0.15) is 21.5 Å². The maximum absolute atomic E-state index is 12.8. The molecule has 2 aromatic carbocycles. The van der Waals surface area contributed by atoms with Crippen molar-refractivity contribution >= 4 is 23.2 Å². The normalized spacial score (nSPS) is 13.9. The number of fused-ring (bicyclic) bond motifs is 1. The minimum Gasteiger partial charge on any atom is -0.508 e. The first-order valence-electron chi connectivity index (χ1n) is 10.7. The predicted octanol–water partition coefficient (Wildman–Crippen LogP) is 1.95. The van der Waals surface area contributed by atoms with Crippen LogP contribution in [0.25, 0.3) is 5.65 Å². The van der Waals surface area contributed by atoms with Gasteiger partial charge >= 0.3 is 0 Å². The molecule has 1 aliphatic rings. The predicted molar refractivity (Wildman–Crippen MR) is 121 cm³/mol. The van der Waals surface area contributed by atoms with E-state index in [1.807, 2.05) is 29.2 Å². The fraction of sp³-hybridized carbons (Fsp3) is 0.208. The molecule has 1 saturated heterocycles. The van der Waals surface area contributed by atoms with E-state index >= 15 is 0 Å². The molecule has 5 rings (SSSR count). The summed E-state index contributed by atoms with van der Waals surface area (Å²) in [5.41, 5.74) is 2.61. The summed E-state index contributed by atoms with van der Waals surface area (Å²) in [7, 11) is 0. The summed E-state index contributed by atoms with van der Waals surface area (Å²) >= 11 is 0. The Balaban J connectivity index is 1.17. The van der Waals surface area contributed by atoms with E-state index in [2.05, 4.69) is 20.2 Å². The molecule has 1 amide bonds. The van der Waals surface area contributed by atoms with Crippen LogP contribution in [0.2, 0.25) is 0 Å². The maximum Gasteiger partial charge on any atom is 0.227 e. The third kappa shape index (κ3) is 4.38. The number of hydrogen-bond donors (Lipinski definition) is 1. The molecule has 0 radical (unpaired) electrons. The largest absolute Gasteiger partial charge is 0.508 e. The number of aromatic hydroxyl groups is 1. The summed E-state index contributed by atoms with van der Waals surface area (Å²) < 4.78 is 1.64. The van der Waals surface area contributed by atoms with Gasteiger partial charge in [-0.25, -0.2) is 0 Å². The molecule has 1 N–H and O–H groups in total. The van der Waals surface area contributed by atoms with Crippen LogP contribution in [0.4, 0.5) is 5.82 Å². The van der Waals surface area contributed by atoms with Crippen LogP contribution in [0.15, 0.2) is 67.0 Å². The lowest BCUT2D eigenvalue weighted by Gasteiger charge is -2.35. The zero-order valence-corrected chi connectivity index (χ0v) is 17.8. The molecule has 1 aliphatic heterocycles. The van der Waals surface area contributed by atoms with Crippen LogP contribution >= 0.6 is 0 Å². The van der Waals surface area contributed by atoms with Gasteiger partial charge in [0.1, 0.15) is 17.9 Å². The highest BCUT2D eigenvalue weighted by molar-refractivity contribution is 6.09. The van der Waals surface area contributed by atoms with Crippen LogP contribution < -0.4 is 4.90 Å². The highest BCUT2D eigenvalue weighted by atomic mass is 16.3. The third-order valence-electron chi connectivity index (χ3n) is 5.80. The van der Waals surface area contributed by atoms with E-state index in [4.69, 9.17) is 0 Å². The maximum atomic E-state index is 12.8. The van der Waals surface area contributed by atoms with E-state index in [1.165, 1.54) is 12.1 Å². The fourth-order valence-electron chi connectivity index (χ4n) is 3.91. The first-order chi connectivity index (χ1) is 16.1. The molecule has 9 nitrogen and oxygen atoms in total. The van der Waals surface area contributed by atoms with Gasteiger partial charge in [0.25, 0.3) is 0 Å². The molecule has 1 fully saturated rings. The number of piperazine rings is 1. The lowest BCUT2D eigenvalue weighted by atomic mass is 10.0. The second-order valence-corrected chi connectivity index (χ2v) is 7.94. The summed E-state index contributed by atoms with van der Waals surface area (Å²) in [5, 5.41) is 21.7. The number of hydrogen-bond acceptors (Lipinski definition) is 7. The number of amides is 1. The van der Waals surface area contributed by atoms with Crippen LogP contribution in [-0.4, -0.2) is 67.7 Å². The lowest BCUT2D eigenvalue weighted by Crippen LogP contribution is -2.49. The number of carbonyl (C=O) groups excluding carboxylic acids is 2. The molecule has 0 bridgehead atoms. The number of carbonyl (C=O) groups is 2. The Bertz CT molecular complexity index is 1290. The summed E-state index contributed by atoms with van der Waals surface area (Å²) in [6.07, 6.45) is 1.86. The van der Waals surface area contributed by atoms with Crippen LogP contribution in [-0.2, 0) is 11.2 Å². The van der Waals surface area contributed by atoms with Crippen molar-refractivity contribution in [3.8, 4) is 5.75 Å². The molecule has 0 saturated carbocycles. The van der Waals surface area contributed by atoms with Crippen molar-refractivity contribution < 1.29 is 14.7 Å². The van der Waals surface area contributed by atoms with Gasteiger partial charge in [-0.3, -0.25) is 9.59 Å². The molecule has 0 atom stereocenters. The third-order valence-corrected chi connectivity index (χ3v) is 5.80. The number of ketones is 1. The Labute approximate surface area is 189 Å². The van der Waals surface area contributed by atoms with Gasteiger partial charge in [0, 0.05) is 37.3 Å². The number of aromatic nitrogens is 4. The van der Waals surface area contributed by atoms with Gasteiger partial charge in [-0.1, -0.05) is 24.3 Å². The van der Waals surface area contributed by atoms with Crippen molar-refractivity contribution in [2.24, 2.45) is 0 Å². The Kier molecular flexibility index (Phi) is 5.43. The Morgan fingerprint density at radius 3 is 2.21 bits per heavy atom. The van der Waals surface area contributed by atoms with Crippen molar-refractivity contribution in [1.82, 2.24) is 24.7 Å². The Morgan fingerprint density at radius 2 is 1.52 bits per heavy atom. The van der Waals surface area contributed by atoms with Crippen molar-refractivity contribution in [2.45, 2.75) is 6.42 Å². The van der Waals surface area contributed by atoms with Gasteiger partial charge in [0.05, 0.1) is 6.42 Å². The van der Waals surface area contributed by atoms with Crippen molar-refractivity contribution in [3.63, 3.8) is 0 Å². The number of nitrogens with zero attached hydrogens (tertiary/aromatic N) is 6. The average Bonchev–Trinajstić information content (AvgIpc) is 3.33. The van der Waals surface area contributed by atoms with Gasteiger partial charge < -0.3 is 14.9 Å². The van der Waals surface area contributed by atoms with Crippen LogP contribution in [0, 0.1) is 0 Å². The minimum atomic E-state index is -0.123. The highest BCUT2D eigenvalue weighted by Gasteiger charge is 2.22. The van der Waals surface area contributed by atoms with Gasteiger partial charge in [-0.2, -0.15) is 4.52 Å². The number of phenolic OH excluding ortho intramolecular Hbond substituents is 1. The fourth-order valence-corrected chi connectivity index (χ4v) is 3.91. The monoisotopic (exact) mass is 442 g/mol. The van der Waals surface area contributed by atoms with E-state index in [0.29, 0.717) is 49.4 Å². The average molecular weight is 442 g/mol. The molecule has 4 aromatic rings. The molecule has 0 unspecified atom stereocenters. The number of phenols is 1.